The summed E-state index contributed by atoms with van der Waals surface area (Å²) in [4.78, 5) is 23.5. The van der Waals surface area contributed by atoms with Crippen LogP contribution in [0.5, 0.6) is 0 Å². The highest BCUT2D eigenvalue weighted by Gasteiger charge is 2.07. The Morgan fingerprint density at radius 1 is 1.35 bits per heavy atom. The number of carbonyl (C=O) groups excluding carboxylic acids is 1. The fourth-order valence-electron chi connectivity index (χ4n) is 1.89. The Labute approximate surface area is 116 Å². The van der Waals surface area contributed by atoms with Gasteiger partial charge in [0.15, 0.2) is 0 Å². The number of nitrogens with one attached hydrogen (secondary N) is 1. The molecule has 1 aromatic carbocycles. The molecule has 0 bridgehead atoms. The number of imidazole rings is 1. The number of anilines is 2. The molecule has 1 aromatic heterocycles. The fraction of sp³-hybridized carbons (Fsp3) is 0.286. The van der Waals surface area contributed by atoms with Crippen molar-refractivity contribution in [3.8, 4) is 0 Å². The Morgan fingerprint density at radius 2 is 2.10 bits per heavy atom. The topological polar surface area (TPSA) is 82.0 Å². The molecule has 0 aliphatic heterocycles. The zero-order valence-corrected chi connectivity index (χ0v) is 11.6. The van der Waals surface area contributed by atoms with E-state index in [0.717, 1.165) is 5.56 Å². The lowest BCUT2D eigenvalue weighted by molar-refractivity contribution is -0.116. The number of nitrogens with zero attached hydrogens (tertiary/aromatic N) is 2. The Kier molecular flexibility index (Phi) is 3.93. The van der Waals surface area contributed by atoms with E-state index in [9.17, 15) is 9.59 Å². The van der Waals surface area contributed by atoms with Crippen LogP contribution >= 0.6 is 0 Å². The summed E-state index contributed by atoms with van der Waals surface area (Å²) in [5.74, 6) is -0.144. The lowest BCUT2D eigenvalue weighted by Crippen LogP contribution is -2.24. The molecule has 3 N–H and O–H groups in total. The molecule has 1 amide bonds. The van der Waals surface area contributed by atoms with Crippen LogP contribution in [0.25, 0.3) is 0 Å². The molecular formula is C14H18N4O2. The van der Waals surface area contributed by atoms with Crippen molar-refractivity contribution in [2.24, 2.45) is 7.05 Å². The van der Waals surface area contributed by atoms with Crippen molar-refractivity contribution < 1.29 is 4.79 Å². The number of hydrogen-bond acceptors (Lipinski definition) is 3. The molecule has 0 saturated heterocycles. The average Bonchev–Trinajstić information content (AvgIpc) is 2.72. The molecule has 0 aliphatic carbocycles. The molecule has 0 unspecified atom stereocenters. The van der Waals surface area contributed by atoms with E-state index in [4.69, 9.17) is 5.73 Å². The second-order valence-electron chi connectivity index (χ2n) is 4.76. The van der Waals surface area contributed by atoms with Gasteiger partial charge >= 0.3 is 5.69 Å². The molecule has 0 atom stereocenters. The molecular weight excluding hydrogens is 256 g/mol. The van der Waals surface area contributed by atoms with Gasteiger partial charge in [-0.1, -0.05) is 6.07 Å². The smallest absolute Gasteiger partial charge is 0.327 e. The second kappa shape index (κ2) is 5.64. The van der Waals surface area contributed by atoms with Crippen LogP contribution < -0.4 is 16.7 Å². The van der Waals surface area contributed by atoms with E-state index < -0.39 is 0 Å². The van der Waals surface area contributed by atoms with E-state index in [-0.39, 0.29) is 18.0 Å². The third kappa shape index (κ3) is 3.09. The molecule has 2 rings (SSSR count). The van der Waals surface area contributed by atoms with E-state index in [1.807, 2.05) is 13.0 Å². The summed E-state index contributed by atoms with van der Waals surface area (Å²) in [7, 11) is 1.68. The lowest BCUT2D eigenvalue weighted by Gasteiger charge is -2.09. The first-order valence-corrected chi connectivity index (χ1v) is 6.35. The normalized spacial score (nSPS) is 10.5. The number of benzene rings is 1. The summed E-state index contributed by atoms with van der Waals surface area (Å²) >= 11 is 0. The molecule has 0 fully saturated rings. The first-order valence-electron chi connectivity index (χ1n) is 6.35. The molecule has 0 saturated carbocycles. The van der Waals surface area contributed by atoms with Gasteiger partial charge in [-0.3, -0.25) is 9.36 Å². The van der Waals surface area contributed by atoms with Gasteiger partial charge in [-0.25, -0.2) is 4.79 Å². The van der Waals surface area contributed by atoms with Gasteiger partial charge in [0.1, 0.15) is 0 Å². The van der Waals surface area contributed by atoms with Crippen molar-refractivity contribution in [3.63, 3.8) is 0 Å². The number of hydrogen-bond donors (Lipinski definition) is 2. The molecule has 0 spiro atoms. The van der Waals surface area contributed by atoms with Crippen LogP contribution in [0, 0.1) is 6.92 Å². The fourth-order valence-corrected chi connectivity index (χ4v) is 1.89. The van der Waals surface area contributed by atoms with Crippen molar-refractivity contribution in [2.45, 2.75) is 19.9 Å². The molecule has 2 aromatic rings. The van der Waals surface area contributed by atoms with Gasteiger partial charge in [0.25, 0.3) is 0 Å². The van der Waals surface area contributed by atoms with Crippen LogP contribution in [0.2, 0.25) is 0 Å². The molecule has 0 aliphatic rings. The first-order chi connectivity index (χ1) is 9.47. The Bertz CT molecular complexity index is 685. The van der Waals surface area contributed by atoms with Crippen LogP contribution in [0.4, 0.5) is 11.4 Å². The number of nitrogen functional groups attached to an aromatic ring is 1. The first kappa shape index (κ1) is 13.9. The number of aromatic nitrogens is 2. The Morgan fingerprint density at radius 3 is 2.75 bits per heavy atom. The molecule has 1 heterocycles. The molecule has 6 nitrogen and oxygen atoms in total. The minimum atomic E-state index is -0.144. The van der Waals surface area contributed by atoms with Gasteiger partial charge in [-0.05, 0) is 24.6 Å². The maximum Gasteiger partial charge on any atom is 0.327 e. The maximum absolute atomic E-state index is 11.9. The van der Waals surface area contributed by atoms with Gasteiger partial charge in [0, 0.05) is 43.8 Å². The predicted molar refractivity (Wildman–Crippen MR) is 78.5 cm³/mol. The summed E-state index contributed by atoms with van der Waals surface area (Å²) in [5, 5.41) is 2.81. The SMILES string of the molecule is Cc1ccc(N)cc1NC(=O)CCn1ccn(C)c1=O. The van der Waals surface area contributed by atoms with Crippen molar-refractivity contribution in [1.29, 1.82) is 0 Å². The van der Waals surface area contributed by atoms with Crippen LogP contribution in [0.1, 0.15) is 12.0 Å². The minimum absolute atomic E-state index is 0.127. The van der Waals surface area contributed by atoms with Gasteiger partial charge in [0.05, 0.1) is 0 Å². The number of carbonyl (C=O) groups is 1. The zero-order valence-electron chi connectivity index (χ0n) is 11.6. The zero-order chi connectivity index (χ0) is 14.7. The summed E-state index contributed by atoms with van der Waals surface area (Å²) in [6.07, 6.45) is 3.57. The average molecular weight is 274 g/mol. The van der Waals surface area contributed by atoms with Crippen LogP contribution in [0.3, 0.4) is 0 Å². The molecule has 106 valence electrons. The van der Waals surface area contributed by atoms with Crippen molar-refractivity contribution in [2.75, 3.05) is 11.1 Å². The van der Waals surface area contributed by atoms with E-state index in [1.165, 1.54) is 9.13 Å². The van der Waals surface area contributed by atoms with Crippen molar-refractivity contribution in [3.05, 3.63) is 46.6 Å². The highest BCUT2D eigenvalue weighted by atomic mass is 16.2. The second-order valence-corrected chi connectivity index (χ2v) is 4.76. The van der Waals surface area contributed by atoms with E-state index in [0.29, 0.717) is 17.9 Å². The summed E-state index contributed by atoms with van der Waals surface area (Å²) in [5.41, 5.74) is 7.82. The van der Waals surface area contributed by atoms with Crippen molar-refractivity contribution in [1.82, 2.24) is 9.13 Å². The monoisotopic (exact) mass is 274 g/mol. The number of amides is 1. The predicted octanol–water partition coefficient (Wildman–Crippen LogP) is 1.11. The third-order valence-corrected chi connectivity index (χ3v) is 3.13. The molecule has 0 radical (unpaired) electrons. The number of aryl methyl sites for hydroxylation is 3. The van der Waals surface area contributed by atoms with Crippen molar-refractivity contribution >= 4 is 17.3 Å². The van der Waals surface area contributed by atoms with Crippen LogP contribution in [0.15, 0.2) is 35.4 Å². The van der Waals surface area contributed by atoms with E-state index in [1.54, 1.807) is 31.6 Å². The van der Waals surface area contributed by atoms with Crippen LogP contribution in [-0.4, -0.2) is 15.0 Å². The standard InChI is InChI=1S/C14H18N4O2/c1-10-3-4-11(15)9-12(10)16-13(19)5-6-18-8-7-17(2)14(18)20/h3-4,7-9H,5-6,15H2,1-2H3,(H,16,19). The third-order valence-electron chi connectivity index (χ3n) is 3.13. The quantitative estimate of drug-likeness (QED) is 0.819. The highest BCUT2D eigenvalue weighted by Crippen LogP contribution is 2.18. The molecule has 20 heavy (non-hydrogen) atoms. The van der Waals surface area contributed by atoms with Gasteiger partial charge in [0.2, 0.25) is 5.91 Å². The summed E-state index contributed by atoms with van der Waals surface area (Å²) < 4.78 is 2.98. The highest BCUT2D eigenvalue weighted by molar-refractivity contribution is 5.91. The summed E-state index contributed by atoms with van der Waals surface area (Å²) in [6.45, 7) is 2.25. The maximum atomic E-state index is 11.9. The molecule has 6 heteroatoms. The summed E-state index contributed by atoms with van der Waals surface area (Å²) in [6, 6.07) is 5.36. The van der Waals surface area contributed by atoms with Gasteiger partial charge < -0.3 is 15.6 Å². The van der Waals surface area contributed by atoms with E-state index >= 15 is 0 Å². The van der Waals surface area contributed by atoms with Gasteiger partial charge in [-0.2, -0.15) is 0 Å². The Balaban J connectivity index is 1.98. The van der Waals surface area contributed by atoms with Crippen LogP contribution in [-0.2, 0) is 18.4 Å². The largest absolute Gasteiger partial charge is 0.399 e. The number of rotatable bonds is 4. The minimum Gasteiger partial charge on any atom is -0.399 e. The lowest BCUT2D eigenvalue weighted by atomic mass is 10.2. The Hall–Kier alpha value is -2.50. The number of nitrogens with two attached hydrogens (primary N) is 1. The van der Waals surface area contributed by atoms with Gasteiger partial charge in [-0.15, -0.1) is 0 Å². The van der Waals surface area contributed by atoms with E-state index in [2.05, 4.69) is 5.32 Å².